The van der Waals surface area contributed by atoms with Gasteiger partial charge in [0.2, 0.25) is 6.41 Å². The molecular formula is C24H23ClFN3O3. The monoisotopic (exact) mass is 455 g/mol. The molecule has 0 bridgehead atoms. The number of pyridine rings is 1. The van der Waals surface area contributed by atoms with Gasteiger partial charge in [0.15, 0.2) is 0 Å². The number of rotatable bonds is 9. The van der Waals surface area contributed by atoms with Crippen LogP contribution in [0.15, 0.2) is 54.7 Å². The standard InChI is InChI=1S/C24H23ClFN3O3/c1-29(10-3-11-30)24(32)22-20(12-16-6-8-18(25)9-7-16)21(14-27-23(22)28-15-31)17-4-2-5-19(26)13-17/h2,4-9,13-15,30H,3,10-12H2,1H3,(H,27,28,31). The predicted molar refractivity (Wildman–Crippen MR) is 122 cm³/mol. The molecule has 1 aromatic heterocycles. The first-order chi connectivity index (χ1) is 15.4. The first-order valence-corrected chi connectivity index (χ1v) is 10.4. The Morgan fingerprint density at radius 2 is 2.00 bits per heavy atom. The van der Waals surface area contributed by atoms with Gasteiger partial charge in [0.05, 0.1) is 5.56 Å². The Labute approximate surface area is 190 Å². The van der Waals surface area contributed by atoms with Gasteiger partial charge >= 0.3 is 0 Å². The predicted octanol–water partition coefficient (Wildman–Crippen LogP) is 4.15. The second kappa shape index (κ2) is 10.8. The van der Waals surface area contributed by atoms with Crippen LogP contribution in [0.5, 0.6) is 0 Å². The summed E-state index contributed by atoms with van der Waals surface area (Å²) in [6.45, 7) is 0.261. The molecule has 0 fully saturated rings. The summed E-state index contributed by atoms with van der Waals surface area (Å²) in [5.74, 6) is -0.662. The first kappa shape index (κ1) is 23.4. The molecule has 3 aromatic rings. The molecule has 0 unspecified atom stereocenters. The summed E-state index contributed by atoms with van der Waals surface area (Å²) in [6.07, 6.45) is 2.72. The van der Waals surface area contributed by atoms with Crippen molar-refractivity contribution in [3.05, 3.63) is 82.3 Å². The molecule has 166 valence electrons. The van der Waals surface area contributed by atoms with Crippen molar-refractivity contribution in [2.75, 3.05) is 25.5 Å². The van der Waals surface area contributed by atoms with Crippen molar-refractivity contribution in [2.45, 2.75) is 12.8 Å². The van der Waals surface area contributed by atoms with Crippen LogP contribution in [0.25, 0.3) is 11.1 Å². The van der Waals surface area contributed by atoms with Crippen molar-refractivity contribution in [1.29, 1.82) is 0 Å². The minimum absolute atomic E-state index is 0.0592. The minimum atomic E-state index is -0.414. The summed E-state index contributed by atoms with van der Waals surface area (Å²) < 4.78 is 14.0. The molecule has 0 aliphatic heterocycles. The smallest absolute Gasteiger partial charge is 0.257 e. The van der Waals surface area contributed by atoms with Gasteiger partial charge in [0.1, 0.15) is 11.6 Å². The third-order valence-electron chi connectivity index (χ3n) is 5.02. The van der Waals surface area contributed by atoms with Crippen molar-refractivity contribution in [1.82, 2.24) is 9.88 Å². The van der Waals surface area contributed by atoms with Crippen molar-refractivity contribution >= 4 is 29.7 Å². The number of nitrogens with one attached hydrogen (secondary N) is 1. The first-order valence-electron chi connectivity index (χ1n) is 10.0. The number of carbonyl (C=O) groups excluding carboxylic acids is 2. The fourth-order valence-corrected chi connectivity index (χ4v) is 3.57. The molecule has 3 rings (SSSR count). The highest BCUT2D eigenvalue weighted by Gasteiger charge is 2.24. The van der Waals surface area contributed by atoms with E-state index >= 15 is 0 Å². The van der Waals surface area contributed by atoms with Crippen LogP contribution in [0, 0.1) is 5.82 Å². The van der Waals surface area contributed by atoms with Gasteiger partial charge < -0.3 is 15.3 Å². The highest BCUT2D eigenvalue weighted by atomic mass is 35.5. The summed E-state index contributed by atoms with van der Waals surface area (Å²) >= 11 is 6.02. The van der Waals surface area contributed by atoms with Crippen molar-refractivity contribution in [3.8, 4) is 11.1 Å². The van der Waals surface area contributed by atoms with Crippen LogP contribution in [0.1, 0.15) is 27.9 Å². The number of aliphatic hydroxyl groups is 1. The van der Waals surface area contributed by atoms with E-state index in [2.05, 4.69) is 10.3 Å². The van der Waals surface area contributed by atoms with E-state index < -0.39 is 5.82 Å². The second-order valence-electron chi connectivity index (χ2n) is 7.25. The zero-order chi connectivity index (χ0) is 23.1. The fourth-order valence-electron chi connectivity index (χ4n) is 3.44. The Balaban J connectivity index is 2.22. The molecule has 2 N–H and O–H groups in total. The summed E-state index contributed by atoms with van der Waals surface area (Å²) in [5, 5.41) is 12.2. The van der Waals surface area contributed by atoms with E-state index in [-0.39, 0.29) is 23.9 Å². The van der Waals surface area contributed by atoms with E-state index in [0.717, 1.165) is 5.56 Å². The largest absolute Gasteiger partial charge is 0.396 e. The summed E-state index contributed by atoms with van der Waals surface area (Å²) in [7, 11) is 1.61. The van der Waals surface area contributed by atoms with Gasteiger partial charge in [-0.05, 0) is 53.8 Å². The third-order valence-corrected chi connectivity index (χ3v) is 5.28. The van der Waals surface area contributed by atoms with Crippen LogP contribution in [0.3, 0.4) is 0 Å². The average Bonchev–Trinajstić information content (AvgIpc) is 2.79. The van der Waals surface area contributed by atoms with E-state index in [4.69, 9.17) is 16.7 Å². The zero-order valence-electron chi connectivity index (χ0n) is 17.5. The van der Waals surface area contributed by atoms with E-state index in [1.165, 1.54) is 23.2 Å². The lowest BCUT2D eigenvalue weighted by Crippen LogP contribution is -2.30. The molecule has 0 atom stereocenters. The number of hydrogen-bond acceptors (Lipinski definition) is 4. The van der Waals surface area contributed by atoms with E-state index in [1.807, 2.05) is 12.1 Å². The molecule has 32 heavy (non-hydrogen) atoms. The number of halogens is 2. The van der Waals surface area contributed by atoms with E-state index in [0.29, 0.717) is 47.5 Å². The molecular weight excluding hydrogens is 433 g/mol. The van der Waals surface area contributed by atoms with Gasteiger partial charge in [-0.15, -0.1) is 0 Å². The highest BCUT2D eigenvalue weighted by Crippen LogP contribution is 2.32. The molecule has 0 radical (unpaired) electrons. The Bertz CT molecular complexity index is 1110. The fraction of sp³-hybridized carbons (Fsp3) is 0.208. The zero-order valence-corrected chi connectivity index (χ0v) is 18.3. The van der Waals surface area contributed by atoms with Crippen LogP contribution >= 0.6 is 11.6 Å². The van der Waals surface area contributed by atoms with Crippen molar-refractivity contribution in [3.63, 3.8) is 0 Å². The maximum atomic E-state index is 14.0. The third kappa shape index (κ3) is 5.49. The van der Waals surface area contributed by atoms with E-state index in [9.17, 15) is 14.0 Å². The number of amides is 2. The Morgan fingerprint density at radius 1 is 1.25 bits per heavy atom. The maximum Gasteiger partial charge on any atom is 0.257 e. The molecule has 0 saturated heterocycles. The van der Waals surface area contributed by atoms with Crippen LogP contribution in [0.4, 0.5) is 10.2 Å². The molecule has 2 aromatic carbocycles. The Morgan fingerprint density at radius 3 is 2.66 bits per heavy atom. The van der Waals surface area contributed by atoms with Gasteiger partial charge in [-0.3, -0.25) is 9.59 Å². The van der Waals surface area contributed by atoms with Crippen LogP contribution in [-0.4, -0.2) is 47.5 Å². The Kier molecular flexibility index (Phi) is 7.92. The van der Waals surface area contributed by atoms with Gasteiger partial charge in [-0.1, -0.05) is 35.9 Å². The number of aliphatic hydroxyl groups excluding tert-OH is 1. The lowest BCUT2D eigenvalue weighted by atomic mass is 9.91. The molecule has 8 heteroatoms. The summed E-state index contributed by atoms with van der Waals surface area (Å²) in [4.78, 5) is 30.4. The van der Waals surface area contributed by atoms with E-state index in [1.54, 1.807) is 31.3 Å². The van der Waals surface area contributed by atoms with Gasteiger partial charge in [0.25, 0.3) is 5.91 Å². The quantitative estimate of drug-likeness (QED) is 0.475. The number of anilines is 1. The number of aromatic nitrogens is 1. The highest BCUT2D eigenvalue weighted by molar-refractivity contribution is 6.30. The number of hydrogen-bond donors (Lipinski definition) is 2. The summed E-state index contributed by atoms with van der Waals surface area (Å²) in [5.41, 5.74) is 2.83. The summed E-state index contributed by atoms with van der Waals surface area (Å²) in [6, 6.07) is 13.2. The SMILES string of the molecule is CN(CCCO)C(=O)c1c(NC=O)ncc(-c2cccc(F)c2)c1Cc1ccc(Cl)cc1. The molecule has 0 saturated carbocycles. The molecule has 0 aliphatic carbocycles. The normalized spacial score (nSPS) is 10.6. The lowest BCUT2D eigenvalue weighted by molar-refractivity contribution is -0.105. The van der Waals surface area contributed by atoms with Crippen LogP contribution in [-0.2, 0) is 11.2 Å². The van der Waals surface area contributed by atoms with Gasteiger partial charge in [-0.25, -0.2) is 9.37 Å². The van der Waals surface area contributed by atoms with Crippen LogP contribution < -0.4 is 5.32 Å². The number of carbonyl (C=O) groups is 2. The molecule has 0 aliphatic rings. The van der Waals surface area contributed by atoms with Crippen LogP contribution in [0.2, 0.25) is 5.02 Å². The second-order valence-corrected chi connectivity index (χ2v) is 7.69. The van der Waals surface area contributed by atoms with Gasteiger partial charge in [-0.2, -0.15) is 0 Å². The number of nitrogens with zero attached hydrogens (tertiary/aromatic N) is 2. The number of benzene rings is 2. The lowest BCUT2D eigenvalue weighted by Gasteiger charge is -2.22. The Hall–Kier alpha value is -3.29. The molecule has 0 spiro atoms. The van der Waals surface area contributed by atoms with Gasteiger partial charge in [0, 0.05) is 37.0 Å². The average molecular weight is 456 g/mol. The minimum Gasteiger partial charge on any atom is -0.396 e. The molecule has 2 amide bonds. The molecule has 6 nitrogen and oxygen atoms in total. The maximum absolute atomic E-state index is 14.0. The van der Waals surface area contributed by atoms with Crippen molar-refractivity contribution < 1.29 is 19.1 Å². The molecule has 1 heterocycles. The van der Waals surface area contributed by atoms with Crippen molar-refractivity contribution in [2.24, 2.45) is 0 Å². The topological polar surface area (TPSA) is 82.5 Å².